The summed E-state index contributed by atoms with van der Waals surface area (Å²) >= 11 is 11.9. The summed E-state index contributed by atoms with van der Waals surface area (Å²) in [6, 6.07) is 6.81. The van der Waals surface area contributed by atoms with E-state index >= 15 is 0 Å². The van der Waals surface area contributed by atoms with Crippen molar-refractivity contribution in [3.63, 3.8) is 0 Å². The number of nitrogens with zero attached hydrogens (tertiary/aromatic N) is 1. The molecular formula is C13H12Cl2N2O2. The van der Waals surface area contributed by atoms with Crippen molar-refractivity contribution in [2.75, 3.05) is 24.3 Å². The number of furan rings is 1. The Balaban J connectivity index is 2.32. The van der Waals surface area contributed by atoms with Crippen molar-refractivity contribution in [2.24, 2.45) is 0 Å². The number of benzene rings is 1. The third kappa shape index (κ3) is 2.85. The van der Waals surface area contributed by atoms with Gasteiger partial charge in [0.15, 0.2) is 0 Å². The van der Waals surface area contributed by atoms with Crippen molar-refractivity contribution >= 4 is 40.5 Å². The Morgan fingerprint density at radius 3 is 2.58 bits per heavy atom. The molecule has 19 heavy (non-hydrogen) atoms. The monoisotopic (exact) mass is 298 g/mol. The van der Waals surface area contributed by atoms with Gasteiger partial charge in [-0.25, -0.2) is 0 Å². The molecule has 1 amide bonds. The molecule has 0 fully saturated rings. The molecule has 0 saturated carbocycles. The van der Waals surface area contributed by atoms with Gasteiger partial charge >= 0.3 is 0 Å². The molecule has 4 nitrogen and oxygen atoms in total. The summed E-state index contributed by atoms with van der Waals surface area (Å²) in [4.78, 5) is 13.9. The maximum atomic E-state index is 12.1. The van der Waals surface area contributed by atoms with Crippen LogP contribution in [0.3, 0.4) is 0 Å². The van der Waals surface area contributed by atoms with Crippen molar-refractivity contribution < 1.29 is 9.21 Å². The first kappa shape index (κ1) is 13.8. The molecule has 2 rings (SSSR count). The maximum Gasteiger partial charge on any atom is 0.260 e. The molecule has 6 heteroatoms. The number of rotatable bonds is 3. The number of anilines is 2. The Hall–Kier alpha value is -1.65. The summed E-state index contributed by atoms with van der Waals surface area (Å²) in [5, 5.41) is 3.38. The normalized spacial score (nSPS) is 10.3. The van der Waals surface area contributed by atoms with Crippen LogP contribution in [0.4, 0.5) is 11.4 Å². The topological polar surface area (TPSA) is 45.5 Å². The summed E-state index contributed by atoms with van der Waals surface area (Å²) in [6.45, 7) is 0. The minimum absolute atomic E-state index is 0.0610. The van der Waals surface area contributed by atoms with Crippen LogP contribution in [-0.2, 0) is 0 Å². The second kappa shape index (κ2) is 5.55. The highest BCUT2D eigenvalue weighted by Gasteiger charge is 2.16. The second-order valence-corrected chi connectivity index (χ2v) is 4.84. The lowest BCUT2D eigenvalue weighted by molar-refractivity contribution is 0.102. The second-order valence-electron chi connectivity index (χ2n) is 4.09. The summed E-state index contributed by atoms with van der Waals surface area (Å²) in [6.07, 6.45) is 1.36. The van der Waals surface area contributed by atoms with E-state index in [9.17, 15) is 4.79 Å². The van der Waals surface area contributed by atoms with Gasteiger partial charge in [-0.1, -0.05) is 17.7 Å². The smallest absolute Gasteiger partial charge is 0.260 e. The zero-order valence-electron chi connectivity index (χ0n) is 10.4. The van der Waals surface area contributed by atoms with Gasteiger partial charge in [-0.2, -0.15) is 0 Å². The van der Waals surface area contributed by atoms with E-state index < -0.39 is 0 Å². The molecule has 1 heterocycles. The molecular weight excluding hydrogens is 287 g/mol. The van der Waals surface area contributed by atoms with Crippen LogP contribution < -0.4 is 10.2 Å². The SMILES string of the molecule is CN(C)c1c(Cl)cccc1NC(=O)c1ccoc1Cl. The van der Waals surface area contributed by atoms with Gasteiger partial charge in [0, 0.05) is 14.1 Å². The third-order valence-corrected chi connectivity index (χ3v) is 3.14. The summed E-state index contributed by atoms with van der Waals surface area (Å²) in [5.41, 5.74) is 1.63. The molecule has 2 aromatic rings. The van der Waals surface area contributed by atoms with E-state index in [1.807, 2.05) is 19.0 Å². The van der Waals surface area contributed by atoms with Crippen molar-refractivity contribution in [3.05, 3.63) is 46.3 Å². The number of hydrogen-bond donors (Lipinski definition) is 1. The number of carbonyl (C=O) groups is 1. The molecule has 0 atom stereocenters. The first-order chi connectivity index (χ1) is 9.00. The molecule has 1 aromatic carbocycles. The summed E-state index contributed by atoms with van der Waals surface area (Å²) < 4.78 is 4.89. The van der Waals surface area contributed by atoms with E-state index in [1.165, 1.54) is 12.3 Å². The molecule has 100 valence electrons. The van der Waals surface area contributed by atoms with E-state index in [1.54, 1.807) is 18.2 Å². The van der Waals surface area contributed by atoms with Gasteiger partial charge < -0.3 is 14.6 Å². The van der Waals surface area contributed by atoms with Gasteiger partial charge in [-0.15, -0.1) is 0 Å². The molecule has 0 radical (unpaired) electrons. The van der Waals surface area contributed by atoms with Crippen LogP contribution >= 0.6 is 23.2 Å². The third-order valence-electron chi connectivity index (χ3n) is 2.54. The lowest BCUT2D eigenvalue weighted by Gasteiger charge is -2.19. The Labute approximate surface area is 120 Å². The maximum absolute atomic E-state index is 12.1. The number of amides is 1. The predicted octanol–water partition coefficient (Wildman–Crippen LogP) is 3.90. The Bertz CT molecular complexity index is 608. The van der Waals surface area contributed by atoms with E-state index in [0.717, 1.165) is 5.69 Å². The number of halogens is 2. The number of nitrogens with one attached hydrogen (secondary N) is 1. The van der Waals surface area contributed by atoms with E-state index in [0.29, 0.717) is 10.7 Å². The van der Waals surface area contributed by atoms with Crippen LogP contribution in [0.15, 0.2) is 34.9 Å². The van der Waals surface area contributed by atoms with Crippen molar-refractivity contribution in [2.45, 2.75) is 0 Å². The first-order valence-corrected chi connectivity index (χ1v) is 6.26. The largest absolute Gasteiger partial charge is 0.452 e. The fourth-order valence-electron chi connectivity index (χ4n) is 1.72. The lowest BCUT2D eigenvalue weighted by Crippen LogP contribution is -2.17. The quantitative estimate of drug-likeness (QED) is 0.934. The van der Waals surface area contributed by atoms with Gasteiger partial charge in [-0.3, -0.25) is 4.79 Å². The summed E-state index contributed by atoms with van der Waals surface area (Å²) in [7, 11) is 3.70. The number of carbonyl (C=O) groups excluding carboxylic acids is 1. The highest BCUT2D eigenvalue weighted by atomic mass is 35.5. The van der Waals surface area contributed by atoms with Gasteiger partial charge in [0.05, 0.1) is 28.2 Å². The van der Waals surface area contributed by atoms with E-state index in [2.05, 4.69) is 5.32 Å². The zero-order chi connectivity index (χ0) is 14.0. The summed E-state index contributed by atoms with van der Waals surface area (Å²) in [5.74, 6) is -0.343. The minimum atomic E-state index is -0.343. The van der Waals surface area contributed by atoms with Gasteiger partial charge in [0.2, 0.25) is 5.22 Å². The molecule has 0 saturated heterocycles. The van der Waals surface area contributed by atoms with Crippen LogP contribution in [0.25, 0.3) is 0 Å². The molecule has 0 unspecified atom stereocenters. The lowest BCUT2D eigenvalue weighted by atomic mass is 10.2. The van der Waals surface area contributed by atoms with Crippen LogP contribution in [0, 0.1) is 0 Å². The van der Waals surface area contributed by atoms with Crippen LogP contribution in [-0.4, -0.2) is 20.0 Å². The van der Waals surface area contributed by atoms with Crippen LogP contribution in [0.2, 0.25) is 10.2 Å². The molecule has 1 aromatic heterocycles. The van der Waals surface area contributed by atoms with Crippen LogP contribution in [0.5, 0.6) is 0 Å². The van der Waals surface area contributed by atoms with Gasteiger partial charge in [0.1, 0.15) is 0 Å². The average Bonchev–Trinajstić information content (AvgIpc) is 2.75. The van der Waals surface area contributed by atoms with E-state index in [-0.39, 0.29) is 16.7 Å². The van der Waals surface area contributed by atoms with Crippen molar-refractivity contribution in [3.8, 4) is 0 Å². The molecule has 0 spiro atoms. The van der Waals surface area contributed by atoms with Crippen molar-refractivity contribution in [1.29, 1.82) is 0 Å². The molecule has 0 aliphatic rings. The van der Waals surface area contributed by atoms with Crippen LogP contribution in [0.1, 0.15) is 10.4 Å². The highest BCUT2D eigenvalue weighted by molar-refractivity contribution is 6.34. The molecule has 0 aliphatic carbocycles. The molecule has 0 aliphatic heterocycles. The fourth-order valence-corrected chi connectivity index (χ4v) is 2.26. The Morgan fingerprint density at radius 2 is 2.00 bits per heavy atom. The molecule has 0 bridgehead atoms. The molecule has 1 N–H and O–H groups in total. The fraction of sp³-hybridized carbons (Fsp3) is 0.154. The van der Waals surface area contributed by atoms with Gasteiger partial charge in [-0.05, 0) is 29.8 Å². The standard InChI is InChI=1S/C13H12Cl2N2O2/c1-17(2)11-9(14)4-3-5-10(11)16-13(18)8-6-7-19-12(8)15/h3-7H,1-2H3,(H,16,18). The average molecular weight is 299 g/mol. The predicted molar refractivity (Wildman–Crippen MR) is 77.5 cm³/mol. The number of hydrogen-bond acceptors (Lipinski definition) is 3. The van der Waals surface area contributed by atoms with Gasteiger partial charge in [0.25, 0.3) is 5.91 Å². The van der Waals surface area contributed by atoms with E-state index in [4.69, 9.17) is 27.6 Å². The Morgan fingerprint density at radius 1 is 1.26 bits per heavy atom. The highest BCUT2D eigenvalue weighted by Crippen LogP contribution is 2.33. The van der Waals surface area contributed by atoms with Crippen molar-refractivity contribution in [1.82, 2.24) is 0 Å². The first-order valence-electron chi connectivity index (χ1n) is 5.51. The zero-order valence-corrected chi connectivity index (χ0v) is 11.9. The minimum Gasteiger partial charge on any atom is -0.452 e. The Kier molecular flexibility index (Phi) is 4.02. The number of para-hydroxylation sites is 1.